The van der Waals surface area contributed by atoms with E-state index in [1.54, 1.807) is 0 Å². The number of fused-ring (bicyclic) bond motifs is 1. The molecule has 0 atom stereocenters. The lowest BCUT2D eigenvalue weighted by atomic mass is 10.0. The first-order valence-electron chi connectivity index (χ1n) is 9.67. The van der Waals surface area contributed by atoms with E-state index in [0.29, 0.717) is 24.7 Å². The van der Waals surface area contributed by atoms with Crippen LogP contribution in [0.1, 0.15) is 29.9 Å². The van der Waals surface area contributed by atoms with Crippen LogP contribution in [0.5, 0.6) is 0 Å². The van der Waals surface area contributed by atoms with Crippen LogP contribution in [-0.4, -0.2) is 47.0 Å². The molecule has 140 valence electrons. The summed E-state index contributed by atoms with van der Waals surface area (Å²) in [5.74, 6) is 1.75. The lowest BCUT2D eigenvalue weighted by molar-refractivity contribution is 0.0741. The number of aromatic amines is 1. The number of hydrogen-bond donors (Lipinski definition) is 1. The molecule has 1 fully saturated rings. The van der Waals surface area contributed by atoms with Crippen LogP contribution < -0.4 is 4.90 Å². The molecular formula is C22H26N4O. The van der Waals surface area contributed by atoms with Crippen LogP contribution in [0.4, 0.5) is 5.82 Å². The Hall–Kier alpha value is -2.82. The van der Waals surface area contributed by atoms with Crippen molar-refractivity contribution >= 4 is 22.6 Å². The molecule has 27 heavy (non-hydrogen) atoms. The van der Waals surface area contributed by atoms with Crippen LogP contribution in [0.15, 0.2) is 48.7 Å². The van der Waals surface area contributed by atoms with Crippen LogP contribution in [-0.2, 0) is 6.42 Å². The molecule has 1 N–H and O–H groups in total. The molecule has 1 saturated heterocycles. The quantitative estimate of drug-likeness (QED) is 0.769. The predicted molar refractivity (Wildman–Crippen MR) is 109 cm³/mol. The smallest absolute Gasteiger partial charge is 0.270 e. The molecule has 5 nitrogen and oxygen atoms in total. The van der Waals surface area contributed by atoms with Gasteiger partial charge in [-0.2, -0.15) is 0 Å². The second kappa shape index (κ2) is 7.43. The van der Waals surface area contributed by atoms with E-state index >= 15 is 0 Å². The van der Waals surface area contributed by atoms with Crippen molar-refractivity contribution in [2.24, 2.45) is 5.92 Å². The fourth-order valence-electron chi connectivity index (χ4n) is 3.79. The Morgan fingerprint density at radius 3 is 2.63 bits per heavy atom. The molecule has 3 heterocycles. The van der Waals surface area contributed by atoms with Crippen molar-refractivity contribution in [3.63, 3.8) is 0 Å². The Morgan fingerprint density at radius 2 is 1.89 bits per heavy atom. The summed E-state index contributed by atoms with van der Waals surface area (Å²) in [5, 5.41) is 1.08. The molecule has 0 spiro atoms. The van der Waals surface area contributed by atoms with Gasteiger partial charge in [0.1, 0.15) is 11.5 Å². The van der Waals surface area contributed by atoms with Gasteiger partial charge in [0.05, 0.1) is 0 Å². The van der Waals surface area contributed by atoms with Crippen molar-refractivity contribution in [2.75, 3.05) is 31.1 Å². The summed E-state index contributed by atoms with van der Waals surface area (Å²) in [6, 6.07) is 14.1. The maximum atomic E-state index is 12.9. The number of rotatable bonds is 4. The number of nitrogens with zero attached hydrogens (tertiary/aromatic N) is 3. The topological polar surface area (TPSA) is 52.2 Å². The third-order valence-electron chi connectivity index (χ3n) is 5.12. The van der Waals surface area contributed by atoms with Gasteiger partial charge in [0.2, 0.25) is 0 Å². The maximum Gasteiger partial charge on any atom is 0.270 e. The average molecular weight is 362 g/mol. The van der Waals surface area contributed by atoms with Gasteiger partial charge < -0.3 is 14.8 Å². The van der Waals surface area contributed by atoms with Gasteiger partial charge in [0.15, 0.2) is 0 Å². The Balaban J connectivity index is 1.45. The molecule has 0 aliphatic carbocycles. The first-order chi connectivity index (χ1) is 13.1. The number of piperazine rings is 1. The van der Waals surface area contributed by atoms with Gasteiger partial charge >= 0.3 is 0 Å². The Morgan fingerprint density at radius 1 is 1.11 bits per heavy atom. The third kappa shape index (κ3) is 3.68. The molecule has 1 aromatic carbocycles. The van der Waals surface area contributed by atoms with Gasteiger partial charge in [0, 0.05) is 43.3 Å². The molecule has 0 saturated carbocycles. The fraction of sp³-hybridized carbons (Fsp3) is 0.364. The highest BCUT2D eigenvalue weighted by Crippen LogP contribution is 2.23. The van der Waals surface area contributed by atoms with E-state index in [-0.39, 0.29) is 5.91 Å². The summed E-state index contributed by atoms with van der Waals surface area (Å²) in [5.41, 5.74) is 2.97. The van der Waals surface area contributed by atoms with Crippen LogP contribution >= 0.6 is 0 Å². The van der Waals surface area contributed by atoms with Gasteiger partial charge in [-0.3, -0.25) is 4.79 Å². The van der Waals surface area contributed by atoms with Crippen LogP contribution in [0, 0.1) is 5.92 Å². The molecule has 0 radical (unpaired) electrons. The average Bonchev–Trinajstić information content (AvgIpc) is 3.12. The van der Waals surface area contributed by atoms with E-state index in [9.17, 15) is 4.79 Å². The number of nitrogens with one attached hydrogen (secondary N) is 1. The molecule has 1 aliphatic heterocycles. The molecule has 3 aromatic rings. The van der Waals surface area contributed by atoms with E-state index in [4.69, 9.17) is 0 Å². The first-order valence-corrected chi connectivity index (χ1v) is 9.67. The van der Waals surface area contributed by atoms with E-state index in [1.165, 1.54) is 5.56 Å². The summed E-state index contributed by atoms with van der Waals surface area (Å²) in [4.78, 5) is 25.0. The summed E-state index contributed by atoms with van der Waals surface area (Å²) >= 11 is 0. The number of H-pyrrole nitrogens is 1. The van der Waals surface area contributed by atoms with Crippen molar-refractivity contribution in [3.05, 3.63) is 59.9 Å². The number of carbonyl (C=O) groups excluding carboxylic acids is 1. The van der Waals surface area contributed by atoms with Gasteiger partial charge in [-0.15, -0.1) is 0 Å². The first kappa shape index (κ1) is 17.6. The molecule has 1 aliphatic rings. The van der Waals surface area contributed by atoms with Crippen LogP contribution in [0.25, 0.3) is 10.9 Å². The molecular weight excluding hydrogens is 336 g/mol. The number of hydrogen-bond acceptors (Lipinski definition) is 3. The number of amides is 1. The van der Waals surface area contributed by atoms with Crippen LogP contribution in [0.3, 0.4) is 0 Å². The number of para-hydroxylation sites is 1. The number of pyridine rings is 1. The summed E-state index contributed by atoms with van der Waals surface area (Å²) < 4.78 is 0. The summed E-state index contributed by atoms with van der Waals surface area (Å²) in [6.45, 7) is 7.52. The molecule has 1 amide bonds. The second-order valence-corrected chi connectivity index (χ2v) is 7.63. The maximum absolute atomic E-state index is 12.9. The summed E-state index contributed by atoms with van der Waals surface area (Å²) in [6.07, 6.45) is 2.89. The molecule has 4 rings (SSSR count). The molecule has 5 heteroatoms. The Labute approximate surface area is 160 Å². The zero-order valence-electron chi connectivity index (χ0n) is 16.0. The standard InChI is InChI=1S/C22H26N4O/c1-16(2)14-18-7-5-9-23-21(18)25-10-12-26(13-11-25)22(27)20-15-17-6-3-4-8-19(17)24-20/h3-9,15-16,24H,10-14H2,1-2H3. The molecule has 0 bridgehead atoms. The SMILES string of the molecule is CC(C)Cc1cccnc1N1CCN(C(=O)c2cc3ccccc3[nH]2)CC1. The molecule has 2 aromatic heterocycles. The highest BCUT2D eigenvalue weighted by Gasteiger charge is 2.25. The number of aromatic nitrogens is 2. The highest BCUT2D eigenvalue weighted by atomic mass is 16.2. The number of benzene rings is 1. The van der Waals surface area contributed by atoms with E-state index in [1.807, 2.05) is 47.5 Å². The van der Waals surface area contributed by atoms with E-state index in [2.05, 4.69) is 34.8 Å². The van der Waals surface area contributed by atoms with Crippen molar-refractivity contribution in [2.45, 2.75) is 20.3 Å². The Kier molecular flexibility index (Phi) is 4.84. The number of anilines is 1. The van der Waals surface area contributed by atoms with Crippen LogP contribution in [0.2, 0.25) is 0 Å². The second-order valence-electron chi connectivity index (χ2n) is 7.63. The zero-order chi connectivity index (χ0) is 18.8. The Bertz CT molecular complexity index is 905. The van der Waals surface area contributed by atoms with Crippen molar-refractivity contribution in [3.8, 4) is 0 Å². The minimum atomic E-state index is 0.0780. The highest BCUT2D eigenvalue weighted by molar-refractivity contribution is 5.98. The number of carbonyl (C=O) groups is 1. The predicted octanol–water partition coefficient (Wildman–Crippen LogP) is 3.72. The lowest BCUT2D eigenvalue weighted by Crippen LogP contribution is -2.49. The van der Waals surface area contributed by atoms with Gasteiger partial charge in [-0.1, -0.05) is 38.1 Å². The fourth-order valence-corrected chi connectivity index (χ4v) is 3.79. The van der Waals surface area contributed by atoms with Gasteiger partial charge in [-0.05, 0) is 36.1 Å². The normalized spacial score (nSPS) is 14.9. The monoisotopic (exact) mass is 362 g/mol. The van der Waals surface area contributed by atoms with Crippen molar-refractivity contribution < 1.29 is 4.79 Å². The zero-order valence-corrected chi connectivity index (χ0v) is 16.0. The third-order valence-corrected chi connectivity index (χ3v) is 5.12. The van der Waals surface area contributed by atoms with Crippen molar-refractivity contribution in [1.29, 1.82) is 0 Å². The lowest BCUT2D eigenvalue weighted by Gasteiger charge is -2.36. The summed E-state index contributed by atoms with van der Waals surface area (Å²) in [7, 11) is 0. The van der Waals surface area contributed by atoms with Gasteiger partial charge in [-0.25, -0.2) is 4.98 Å². The largest absolute Gasteiger partial charge is 0.353 e. The minimum Gasteiger partial charge on any atom is -0.353 e. The molecule has 0 unspecified atom stereocenters. The minimum absolute atomic E-state index is 0.0780. The van der Waals surface area contributed by atoms with Crippen molar-refractivity contribution in [1.82, 2.24) is 14.9 Å². The van der Waals surface area contributed by atoms with Gasteiger partial charge in [0.25, 0.3) is 5.91 Å². The van der Waals surface area contributed by atoms with E-state index in [0.717, 1.165) is 36.2 Å². The van der Waals surface area contributed by atoms with E-state index < -0.39 is 0 Å².